The Bertz CT molecular complexity index is 625. The van der Waals surface area contributed by atoms with Crippen LogP contribution in [0.15, 0.2) is 36.4 Å². The number of hydrogen-bond donors (Lipinski definition) is 1. The summed E-state index contributed by atoms with van der Waals surface area (Å²) < 4.78 is 13.3. The van der Waals surface area contributed by atoms with Crippen LogP contribution in [0.1, 0.15) is 16.7 Å². The largest absolute Gasteiger partial charge is 0.367 e. The van der Waals surface area contributed by atoms with Crippen molar-refractivity contribution in [3.63, 3.8) is 0 Å². The maximum absolute atomic E-state index is 13.3. The molecule has 0 aliphatic rings. The Hall–Kier alpha value is -1.83. The fourth-order valence-electron chi connectivity index (χ4n) is 1.91. The third-order valence-electron chi connectivity index (χ3n) is 2.88. The predicted molar refractivity (Wildman–Crippen MR) is 83.4 cm³/mol. The Morgan fingerprint density at radius 3 is 2.85 bits per heavy atom. The summed E-state index contributed by atoms with van der Waals surface area (Å²) in [5.41, 5.74) is 6.26. The summed E-state index contributed by atoms with van der Waals surface area (Å²) in [6, 6.07) is 10.7. The molecule has 0 amide bonds. The van der Waals surface area contributed by atoms with Gasteiger partial charge in [0.1, 0.15) is 5.82 Å². The van der Waals surface area contributed by atoms with Crippen LogP contribution in [0.25, 0.3) is 0 Å². The van der Waals surface area contributed by atoms with E-state index < -0.39 is 0 Å². The van der Waals surface area contributed by atoms with E-state index in [1.54, 1.807) is 23.5 Å². The number of thiophene rings is 1. The average Bonchev–Trinajstić information content (AvgIpc) is 2.90. The Balaban J connectivity index is 2.12. The third kappa shape index (κ3) is 3.83. The van der Waals surface area contributed by atoms with Crippen LogP contribution in [-0.2, 0) is 6.54 Å². The van der Waals surface area contributed by atoms with Crippen LogP contribution in [0.4, 0.5) is 10.1 Å². The zero-order chi connectivity index (χ0) is 14.4. The molecule has 2 nitrogen and oxygen atoms in total. The SMILES string of the molecule is CCN(Cc1ccc(C#CCN)s1)c1cccc(F)c1. The first-order valence-electron chi connectivity index (χ1n) is 6.51. The summed E-state index contributed by atoms with van der Waals surface area (Å²) in [6.07, 6.45) is 0. The van der Waals surface area contributed by atoms with Crippen molar-refractivity contribution in [3.8, 4) is 11.8 Å². The average molecular weight is 288 g/mol. The standard InChI is InChI=1S/C16H17FN2S/c1-2-19(14-6-3-5-13(17)11-14)12-16-9-8-15(20-16)7-4-10-18/h3,5-6,8-9,11H,2,10,12,18H2,1H3. The lowest BCUT2D eigenvalue weighted by molar-refractivity contribution is 0.626. The van der Waals surface area contributed by atoms with Crippen LogP contribution in [0.3, 0.4) is 0 Å². The summed E-state index contributed by atoms with van der Waals surface area (Å²) in [6.45, 7) is 4.02. The number of nitrogens with two attached hydrogens (primary N) is 1. The van der Waals surface area contributed by atoms with Gasteiger partial charge in [0.2, 0.25) is 0 Å². The van der Waals surface area contributed by atoms with Gasteiger partial charge in [0.05, 0.1) is 18.0 Å². The highest BCUT2D eigenvalue weighted by Gasteiger charge is 2.07. The predicted octanol–water partition coefficient (Wildman–Crippen LogP) is 3.22. The second kappa shape index (κ2) is 7.09. The number of hydrogen-bond acceptors (Lipinski definition) is 3. The van der Waals surface area contributed by atoms with Crippen LogP contribution in [0.2, 0.25) is 0 Å². The minimum Gasteiger partial charge on any atom is -0.367 e. The highest BCUT2D eigenvalue weighted by atomic mass is 32.1. The molecule has 1 heterocycles. The van der Waals surface area contributed by atoms with E-state index in [9.17, 15) is 4.39 Å². The Kier molecular flexibility index (Phi) is 5.16. The highest BCUT2D eigenvalue weighted by molar-refractivity contribution is 7.12. The normalized spacial score (nSPS) is 9.95. The molecule has 2 aromatic rings. The molecule has 4 heteroatoms. The van der Waals surface area contributed by atoms with Crippen LogP contribution < -0.4 is 10.6 Å². The van der Waals surface area contributed by atoms with Gasteiger partial charge in [-0.25, -0.2) is 4.39 Å². The van der Waals surface area contributed by atoms with Gasteiger partial charge in [0.25, 0.3) is 0 Å². The van der Waals surface area contributed by atoms with Crippen molar-refractivity contribution in [1.29, 1.82) is 0 Å². The molecule has 0 bridgehead atoms. The smallest absolute Gasteiger partial charge is 0.125 e. The molecular formula is C16H17FN2S. The molecule has 104 valence electrons. The fourth-order valence-corrected chi connectivity index (χ4v) is 2.81. The van der Waals surface area contributed by atoms with Gasteiger partial charge >= 0.3 is 0 Å². The molecule has 1 aromatic heterocycles. The maximum atomic E-state index is 13.3. The summed E-state index contributed by atoms with van der Waals surface area (Å²) >= 11 is 1.65. The van der Waals surface area contributed by atoms with Gasteiger partial charge in [0.15, 0.2) is 0 Å². The van der Waals surface area contributed by atoms with Gasteiger partial charge in [-0.05, 0) is 37.3 Å². The highest BCUT2D eigenvalue weighted by Crippen LogP contribution is 2.22. The Morgan fingerprint density at radius 1 is 1.30 bits per heavy atom. The van der Waals surface area contributed by atoms with E-state index in [1.807, 2.05) is 12.1 Å². The summed E-state index contributed by atoms with van der Waals surface area (Å²) in [7, 11) is 0. The molecule has 0 atom stereocenters. The molecule has 0 radical (unpaired) electrons. The summed E-state index contributed by atoms with van der Waals surface area (Å²) in [4.78, 5) is 4.35. The van der Waals surface area contributed by atoms with Gasteiger partial charge in [-0.1, -0.05) is 17.9 Å². The van der Waals surface area contributed by atoms with E-state index in [-0.39, 0.29) is 5.82 Å². The molecular weight excluding hydrogens is 271 g/mol. The van der Waals surface area contributed by atoms with Crippen molar-refractivity contribution in [2.75, 3.05) is 18.0 Å². The van der Waals surface area contributed by atoms with Crippen LogP contribution >= 0.6 is 11.3 Å². The van der Waals surface area contributed by atoms with E-state index in [0.717, 1.165) is 23.7 Å². The lowest BCUT2D eigenvalue weighted by Crippen LogP contribution is -2.21. The molecule has 0 aliphatic heterocycles. The van der Waals surface area contributed by atoms with E-state index in [4.69, 9.17) is 5.73 Å². The molecule has 20 heavy (non-hydrogen) atoms. The second-order valence-electron chi connectivity index (χ2n) is 4.27. The van der Waals surface area contributed by atoms with Crippen LogP contribution in [0.5, 0.6) is 0 Å². The number of anilines is 1. The first-order valence-corrected chi connectivity index (χ1v) is 7.32. The van der Waals surface area contributed by atoms with Crippen LogP contribution in [0, 0.1) is 17.7 Å². The zero-order valence-corrected chi connectivity index (χ0v) is 12.2. The number of halogens is 1. The second-order valence-corrected chi connectivity index (χ2v) is 5.43. The molecule has 0 aliphatic carbocycles. The van der Waals surface area contributed by atoms with Crippen molar-refractivity contribution in [3.05, 3.63) is 52.0 Å². The maximum Gasteiger partial charge on any atom is 0.125 e. The molecule has 0 spiro atoms. The zero-order valence-electron chi connectivity index (χ0n) is 11.4. The van der Waals surface area contributed by atoms with E-state index in [1.165, 1.54) is 10.9 Å². The number of nitrogens with zero attached hydrogens (tertiary/aromatic N) is 1. The first-order chi connectivity index (χ1) is 9.72. The Labute approximate surface area is 123 Å². The van der Waals surface area contributed by atoms with Crippen molar-refractivity contribution in [1.82, 2.24) is 0 Å². The third-order valence-corrected chi connectivity index (χ3v) is 3.86. The van der Waals surface area contributed by atoms with E-state index in [2.05, 4.69) is 29.7 Å². The minimum absolute atomic E-state index is 0.207. The topological polar surface area (TPSA) is 29.3 Å². The molecule has 0 unspecified atom stereocenters. The summed E-state index contributed by atoms with van der Waals surface area (Å²) in [5.74, 6) is 5.67. The first kappa shape index (κ1) is 14.6. The van der Waals surface area contributed by atoms with Crippen molar-refractivity contribution in [2.45, 2.75) is 13.5 Å². The van der Waals surface area contributed by atoms with Gasteiger partial charge in [-0.15, -0.1) is 11.3 Å². The minimum atomic E-state index is -0.207. The molecule has 0 fully saturated rings. The van der Waals surface area contributed by atoms with Gasteiger partial charge in [-0.2, -0.15) is 0 Å². The lowest BCUT2D eigenvalue weighted by atomic mass is 10.2. The van der Waals surface area contributed by atoms with Gasteiger partial charge in [-0.3, -0.25) is 0 Å². The number of benzene rings is 1. The quantitative estimate of drug-likeness (QED) is 0.875. The summed E-state index contributed by atoms with van der Waals surface area (Å²) in [5, 5.41) is 0. The number of rotatable bonds is 4. The van der Waals surface area contributed by atoms with Crippen molar-refractivity contribution >= 4 is 17.0 Å². The lowest BCUT2D eigenvalue weighted by Gasteiger charge is -2.22. The molecule has 0 saturated heterocycles. The van der Waals surface area contributed by atoms with E-state index in [0.29, 0.717) is 6.54 Å². The fraction of sp³-hybridized carbons (Fsp3) is 0.250. The van der Waals surface area contributed by atoms with Gasteiger partial charge in [0, 0.05) is 17.1 Å². The Morgan fingerprint density at radius 2 is 2.15 bits per heavy atom. The van der Waals surface area contributed by atoms with Gasteiger partial charge < -0.3 is 10.6 Å². The van der Waals surface area contributed by atoms with Crippen molar-refractivity contribution in [2.24, 2.45) is 5.73 Å². The monoisotopic (exact) mass is 288 g/mol. The molecule has 2 N–H and O–H groups in total. The molecule has 2 rings (SSSR count). The van der Waals surface area contributed by atoms with Crippen LogP contribution in [-0.4, -0.2) is 13.1 Å². The molecule has 1 aromatic carbocycles. The van der Waals surface area contributed by atoms with Crippen molar-refractivity contribution < 1.29 is 4.39 Å². The van der Waals surface area contributed by atoms with E-state index >= 15 is 0 Å². The molecule has 0 saturated carbocycles.